The van der Waals surface area contributed by atoms with Crippen molar-refractivity contribution < 1.29 is 9.53 Å². The highest BCUT2D eigenvalue weighted by Crippen LogP contribution is 2.23. The molecule has 0 spiro atoms. The number of methoxy groups -OCH3 is 1. The third kappa shape index (κ3) is 5.32. The molecule has 0 aliphatic rings. The molecule has 7 nitrogen and oxygen atoms in total. The number of thiazole rings is 1. The lowest BCUT2D eigenvalue weighted by Crippen LogP contribution is -2.22. The summed E-state index contributed by atoms with van der Waals surface area (Å²) in [5.41, 5.74) is 1.27. The Hall–Kier alpha value is -2.39. The van der Waals surface area contributed by atoms with E-state index in [4.69, 9.17) is 4.74 Å². The zero-order chi connectivity index (χ0) is 19.9. The molecule has 1 aromatic carbocycles. The second kappa shape index (κ2) is 9.70. The van der Waals surface area contributed by atoms with E-state index in [0.29, 0.717) is 5.13 Å². The predicted octanol–water partition coefficient (Wildman–Crippen LogP) is 3.57. The molecule has 3 rings (SSSR count). The molecule has 0 saturated carbocycles. The number of benzene rings is 1. The van der Waals surface area contributed by atoms with Crippen LogP contribution in [-0.4, -0.2) is 38.0 Å². The third-order valence-corrected chi connectivity index (χ3v) is 6.09. The summed E-state index contributed by atoms with van der Waals surface area (Å²) in [5, 5.41) is 14.2. The van der Waals surface area contributed by atoms with E-state index < -0.39 is 0 Å². The zero-order valence-electron chi connectivity index (χ0n) is 16.1. The predicted molar refractivity (Wildman–Crippen MR) is 112 cm³/mol. The van der Waals surface area contributed by atoms with Crippen LogP contribution in [0.1, 0.15) is 24.7 Å². The number of thioether (sulfide) groups is 1. The Morgan fingerprint density at radius 1 is 1.29 bits per heavy atom. The number of rotatable bonds is 9. The molecular formula is C19H23N5O2S2. The molecule has 2 heterocycles. The number of aryl methyl sites for hydroxylation is 2. The fourth-order valence-corrected chi connectivity index (χ4v) is 3.98. The number of nitrogens with one attached hydrogen (secondary N) is 1. The lowest BCUT2D eigenvalue weighted by molar-refractivity contribution is -0.115. The van der Waals surface area contributed by atoms with Crippen LogP contribution in [0.4, 0.5) is 5.13 Å². The van der Waals surface area contributed by atoms with E-state index in [9.17, 15) is 4.79 Å². The summed E-state index contributed by atoms with van der Waals surface area (Å²) in [6.07, 6.45) is 4.43. The van der Waals surface area contributed by atoms with Crippen molar-refractivity contribution in [3.8, 4) is 5.75 Å². The van der Waals surface area contributed by atoms with Gasteiger partial charge in [0.15, 0.2) is 10.3 Å². The van der Waals surface area contributed by atoms with E-state index in [0.717, 1.165) is 36.0 Å². The lowest BCUT2D eigenvalue weighted by Gasteiger charge is -2.10. The first kappa shape index (κ1) is 20.3. The number of hydrogen-bond acceptors (Lipinski definition) is 7. The normalized spacial score (nSPS) is 12.0. The van der Waals surface area contributed by atoms with Crippen LogP contribution in [-0.2, 0) is 24.7 Å². The van der Waals surface area contributed by atoms with Gasteiger partial charge in [0.1, 0.15) is 11.6 Å². The van der Waals surface area contributed by atoms with Crippen LogP contribution < -0.4 is 10.1 Å². The summed E-state index contributed by atoms with van der Waals surface area (Å²) >= 11 is 2.79. The molecular weight excluding hydrogens is 394 g/mol. The number of carbonyl (C=O) groups excluding carboxylic acids is 1. The quantitative estimate of drug-likeness (QED) is 0.536. The molecule has 0 radical (unpaired) electrons. The van der Waals surface area contributed by atoms with Gasteiger partial charge in [-0.25, -0.2) is 4.98 Å². The molecule has 0 aliphatic heterocycles. The van der Waals surface area contributed by atoms with Crippen molar-refractivity contribution in [3.63, 3.8) is 0 Å². The topological polar surface area (TPSA) is 81.9 Å². The van der Waals surface area contributed by atoms with Crippen molar-refractivity contribution in [1.82, 2.24) is 19.7 Å². The van der Waals surface area contributed by atoms with E-state index >= 15 is 0 Å². The Labute approximate surface area is 172 Å². The molecule has 148 valence electrons. The molecule has 2 aromatic heterocycles. The van der Waals surface area contributed by atoms with Gasteiger partial charge in [0.05, 0.1) is 12.4 Å². The van der Waals surface area contributed by atoms with Crippen LogP contribution >= 0.6 is 23.1 Å². The Morgan fingerprint density at radius 3 is 2.75 bits per heavy atom. The highest BCUT2D eigenvalue weighted by molar-refractivity contribution is 8.00. The standard InChI is InChI=1S/C19H23N5O2S2/c1-13(17(25)21-18-20-11-12-27-18)28-19-23-22-16(24(19)2)6-4-5-14-7-9-15(26-3)10-8-14/h7-13H,4-6H2,1-3H3,(H,20,21,25). The highest BCUT2D eigenvalue weighted by atomic mass is 32.2. The molecule has 0 saturated heterocycles. The molecule has 9 heteroatoms. The van der Waals surface area contributed by atoms with Gasteiger partial charge in [-0.2, -0.15) is 0 Å². The van der Waals surface area contributed by atoms with Crippen LogP contribution in [0.3, 0.4) is 0 Å². The SMILES string of the molecule is COc1ccc(CCCc2nnc(SC(C)C(=O)Nc3nccs3)n2C)cc1. The van der Waals surface area contributed by atoms with Crippen molar-refractivity contribution in [1.29, 1.82) is 0 Å². The van der Waals surface area contributed by atoms with Gasteiger partial charge in [0.25, 0.3) is 0 Å². The van der Waals surface area contributed by atoms with Gasteiger partial charge in [-0.1, -0.05) is 23.9 Å². The maximum atomic E-state index is 12.3. The molecule has 1 atom stereocenters. The fourth-order valence-electron chi connectivity index (χ4n) is 2.61. The van der Waals surface area contributed by atoms with Crippen LogP contribution in [0.5, 0.6) is 5.75 Å². The van der Waals surface area contributed by atoms with Crippen LogP contribution in [0.15, 0.2) is 41.0 Å². The van der Waals surface area contributed by atoms with Crippen molar-refractivity contribution in [2.75, 3.05) is 12.4 Å². The van der Waals surface area contributed by atoms with Gasteiger partial charge < -0.3 is 14.6 Å². The molecule has 28 heavy (non-hydrogen) atoms. The smallest absolute Gasteiger partial charge is 0.239 e. The van der Waals surface area contributed by atoms with E-state index in [1.807, 2.05) is 36.1 Å². The van der Waals surface area contributed by atoms with Crippen molar-refractivity contribution in [3.05, 3.63) is 47.2 Å². The summed E-state index contributed by atoms with van der Waals surface area (Å²) in [5.74, 6) is 1.69. The van der Waals surface area contributed by atoms with Gasteiger partial charge in [-0.05, 0) is 37.5 Å². The van der Waals surface area contributed by atoms with Gasteiger partial charge >= 0.3 is 0 Å². The molecule has 1 N–H and O–H groups in total. The Balaban J connectivity index is 1.50. The third-order valence-electron chi connectivity index (χ3n) is 4.26. The average Bonchev–Trinajstić information content (AvgIpc) is 3.33. The molecule has 1 unspecified atom stereocenters. The monoisotopic (exact) mass is 417 g/mol. The number of carbonyl (C=O) groups is 1. The summed E-state index contributed by atoms with van der Waals surface area (Å²) in [7, 11) is 3.61. The van der Waals surface area contributed by atoms with E-state index in [1.54, 1.807) is 13.3 Å². The van der Waals surface area contributed by atoms with Crippen LogP contribution in [0.2, 0.25) is 0 Å². The fraction of sp³-hybridized carbons (Fsp3) is 0.368. The second-order valence-electron chi connectivity index (χ2n) is 6.25. The Kier molecular flexibility index (Phi) is 7.05. The lowest BCUT2D eigenvalue weighted by atomic mass is 10.1. The van der Waals surface area contributed by atoms with E-state index in [2.05, 4.69) is 32.6 Å². The number of amides is 1. The maximum absolute atomic E-state index is 12.3. The van der Waals surface area contributed by atoms with Gasteiger partial charge in [-0.3, -0.25) is 4.79 Å². The molecule has 0 fully saturated rings. The van der Waals surface area contributed by atoms with Crippen LogP contribution in [0.25, 0.3) is 0 Å². The number of hydrogen-bond donors (Lipinski definition) is 1. The molecule has 0 aliphatic carbocycles. The zero-order valence-corrected chi connectivity index (χ0v) is 17.7. The van der Waals surface area contributed by atoms with E-state index in [1.165, 1.54) is 28.7 Å². The van der Waals surface area contributed by atoms with Crippen molar-refractivity contribution in [2.45, 2.75) is 36.6 Å². The summed E-state index contributed by atoms with van der Waals surface area (Å²) < 4.78 is 7.15. The molecule has 0 bridgehead atoms. The highest BCUT2D eigenvalue weighted by Gasteiger charge is 2.19. The largest absolute Gasteiger partial charge is 0.497 e. The molecule has 3 aromatic rings. The summed E-state index contributed by atoms with van der Waals surface area (Å²) in [6, 6.07) is 8.12. The molecule has 1 amide bonds. The Bertz CT molecular complexity index is 894. The summed E-state index contributed by atoms with van der Waals surface area (Å²) in [6.45, 7) is 1.85. The van der Waals surface area contributed by atoms with Gasteiger partial charge in [-0.15, -0.1) is 21.5 Å². The number of anilines is 1. The minimum Gasteiger partial charge on any atom is -0.497 e. The minimum absolute atomic E-state index is 0.0935. The van der Waals surface area contributed by atoms with Crippen molar-refractivity contribution >= 4 is 34.1 Å². The van der Waals surface area contributed by atoms with E-state index in [-0.39, 0.29) is 11.2 Å². The summed E-state index contributed by atoms with van der Waals surface area (Å²) in [4.78, 5) is 16.3. The van der Waals surface area contributed by atoms with Gasteiger partial charge in [0.2, 0.25) is 5.91 Å². The maximum Gasteiger partial charge on any atom is 0.239 e. The number of ether oxygens (including phenoxy) is 1. The van der Waals surface area contributed by atoms with Crippen molar-refractivity contribution in [2.24, 2.45) is 7.05 Å². The first-order valence-corrected chi connectivity index (χ1v) is 10.7. The van der Waals surface area contributed by atoms with Crippen LogP contribution in [0, 0.1) is 0 Å². The minimum atomic E-state index is -0.293. The first-order valence-electron chi connectivity index (χ1n) is 8.95. The second-order valence-corrected chi connectivity index (χ2v) is 8.45. The Morgan fingerprint density at radius 2 is 2.07 bits per heavy atom. The number of aromatic nitrogens is 4. The first-order chi connectivity index (χ1) is 13.6. The number of nitrogens with zero attached hydrogens (tertiary/aromatic N) is 4. The average molecular weight is 418 g/mol. The van der Waals surface area contributed by atoms with Gasteiger partial charge in [0, 0.05) is 25.0 Å².